The van der Waals surface area contributed by atoms with Crippen molar-refractivity contribution in [3.63, 3.8) is 0 Å². The average Bonchev–Trinajstić information content (AvgIpc) is 2.50. The van der Waals surface area contributed by atoms with Gasteiger partial charge in [-0.05, 0) is 25.8 Å². The van der Waals surface area contributed by atoms with Crippen molar-refractivity contribution in [3.05, 3.63) is 52.6 Å². The molecule has 21 heavy (non-hydrogen) atoms. The molecular formula is C17H18O4. The van der Waals surface area contributed by atoms with E-state index in [9.17, 15) is 20.1 Å². The zero-order valence-electron chi connectivity index (χ0n) is 12.1. The normalized spacial score (nSPS) is 10.6. The Balaban J connectivity index is 2.28. The summed E-state index contributed by atoms with van der Waals surface area (Å²) in [6, 6.07) is 9.52. The predicted molar refractivity (Wildman–Crippen MR) is 80.0 cm³/mol. The molecule has 0 saturated heterocycles. The third kappa shape index (κ3) is 2.84. The second kappa shape index (κ2) is 5.87. The van der Waals surface area contributed by atoms with Crippen LogP contribution in [-0.2, 0) is 6.42 Å². The van der Waals surface area contributed by atoms with E-state index in [-0.39, 0.29) is 46.1 Å². The van der Waals surface area contributed by atoms with Crippen molar-refractivity contribution in [2.24, 2.45) is 0 Å². The van der Waals surface area contributed by atoms with Gasteiger partial charge in [-0.3, -0.25) is 4.79 Å². The van der Waals surface area contributed by atoms with Crippen LogP contribution >= 0.6 is 0 Å². The van der Waals surface area contributed by atoms with E-state index >= 15 is 0 Å². The van der Waals surface area contributed by atoms with Crippen molar-refractivity contribution in [1.29, 1.82) is 0 Å². The Labute approximate surface area is 123 Å². The van der Waals surface area contributed by atoms with Crippen LogP contribution in [-0.4, -0.2) is 21.1 Å². The summed E-state index contributed by atoms with van der Waals surface area (Å²) in [6.45, 7) is 3.01. The molecule has 0 fully saturated rings. The van der Waals surface area contributed by atoms with E-state index in [0.29, 0.717) is 6.42 Å². The standard InChI is InChI=1S/C17H18O4/c1-10-15(19)11(2)17(21)14(16(10)20)13(18)9-8-12-6-4-3-5-7-12/h3-7,19-21H,8-9H2,1-2H3. The minimum Gasteiger partial charge on any atom is -0.507 e. The van der Waals surface area contributed by atoms with Gasteiger partial charge in [0.25, 0.3) is 0 Å². The second-order valence-corrected chi connectivity index (χ2v) is 5.08. The summed E-state index contributed by atoms with van der Waals surface area (Å²) in [6.07, 6.45) is 0.701. The van der Waals surface area contributed by atoms with Gasteiger partial charge < -0.3 is 15.3 Å². The molecule has 0 amide bonds. The van der Waals surface area contributed by atoms with Crippen LogP contribution in [0.25, 0.3) is 0 Å². The Morgan fingerprint density at radius 2 is 1.43 bits per heavy atom. The maximum atomic E-state index is 12.3. The van der Waals surface area contributed by atoms with Crippen LogP contribution in [0.3, 0.4) is 0 Å². The molecule has 0 spiro atoms. The fourth-order valence-corrected chi connectivity index (χ4v) is 2.28. The maximum absolute atomic E-state index is 12.3. The second-order valence-electron chi connectivity index (χ2n) is 5.08. The summed E-state index contributed by atoms with van der Waals surface area (Å²) in [4.78, 5) is 12.3. The van der Waals surface area contributed by atoms with E-state index in [0.717, 1.165) is 5.56 Å². The number of hydrogen-bond donors (Lipinski definition) is 3. The molecule has 3 N–H and O–H groups in total. The summed E-state index contributed by atoms with van der Waals surface area (Å²) in [5, 5.41) is 29.8. The Hall–Kier alpha value is -2.49. The molecule has 2 rings (SSSR count). The largest absolute Gasteiger partial charge is 0.507 e. The van der Waals surface area contributed by atoms with Crippen molar-refractivity contribution in [1.82, 2.24) is 0 Å². The SMILES string of the molecule is Cc1c(O)c(C)c(O)c(C(=O)CCc2ccccc2)c1O. The van der Waals surface area contributed by atoms with Gasteiger partial charge in [-0.15, -0.1) is 0 Å². The van der Waals surface area contributed by atoms with E-state index in [1.165, 1.54) is 13.8 Å². The minimum atomic E-state index is -0.353. The summed E-state index contributed by atoms with van der Waals surface area (Å²) < 4.78 is 0. The first-order chi connectivity index (χ1) is 9.93. The number of benzene rings is 2. The van der Waals surface area contributed by atoms with Crippen LogP contribution in [0.2, 0.25) is 0 Å². The lowest BCUT2D eigenvalue weighted by atomic mass is 9.96. The molecule has 0 aromatic heterocycles. The minimum absolute atomic E-state index is 0.112. The van der Waals surface area contributed by atoms with E-state index in [2.05, 4.69) is 0 Å². The molecule has 2 aromatic carbocycles. The van der Waals surface area contributed by atoms with Gasteiger partial charge in [-0.25, -0.2) is 0 Å². The predicted octanol–water partition coefficient (Wildman–Crippen LogP) is 3.24. The van der Waals surface area contributed by atoms with Gasteiger partial charge >= 0.3 is 0 Å². The highest BCUT2D eigenvalue weighted by atomic mass is 16.3. The molecule has 4 heteroatoms. The van der Waals surface area contributed by atoms with E-state index in [1.807, 2.05) is 30.3 Å². The lowest BCUT2D eigenvalue weighted by molar-refractivity contribution is 0.0977. The molecule has 110 valence electrons. The first kappa shape index (κ1) is 14.9. The van der Waals surface area contributed by atoms with Crippen LogP contribution in [0.15, 0.2) is 30.3 Å². The van der Waals surface area contributed by atoms with Crippen molar-refractivity contribution in [2.45, 2.75) is 26.7 Å². The molecule has 0 aliphatic rings. The molecule has 0 aliphatic carbocycles. The van der Waals surface area contributed by atoms with Gasteiger partial charge in [0.05, 0.1) is 0 Å². The summed E-state index contributed by atoms with van der Waals surface area (Å²) >= 11 is 0. The molecule has 0 radical (unpaired) electrons. The number of rotatable bonds is 4. The van der Waals surface area contributed by atoms with Crippen molar-refractivity contribution >= 4 is 5.78 Å². The average molecular weight is 286 g/mol. The summed E-state index contributed by atoms with van der Waals surface area (Å²) in [5.74, 6) is -1.24. The number of phenolic OH excluding ortho intramolecular Hbond substituents is 3. The smallest absolute Gasteiger partial charge is 0.170 e. The summed E-state index contributed by atoms with van der Waals surface area (Å²) in [5.41, 5.74) is 1.30. The van der Waals surface area contributed by atoms with E-state index in [4.69, 9.17) is 0 Å². The van der Waals surface area contributed by atoms with Crippen LogP contribution in [0.5, 0.6) is 17.2 Å². The van der Waals surface area contributed by atoms with Gasteiger partial charge in [0.2, 0.25) is 0 Å². The number of phenols is 3. The molecule has 0 saturated carbocycles. The Kier molecular flexibility index (Phi) is 4.17. The quantitative estimate of drug-likeness (QED) is 0.754. The zero-order valence-corrected chi connectivity index (χ0v) is 12.1. The molecule has 0 aliphatic heterocycles. The van der Waals surface area contributed by atoms with Crippen LogP contribution < -0.4 is 0 Å². The highest BCUT2D eigenvalue weighted by Gasteiger charge is 2.23. The Bertz CT molecular complexity index is 646. The van der Waals surface area contributed by atoms with Crippen LogP contribution in [0.4, 0.5) is 0 Å². The molecular weight excluding hydrogens is 268 g/mol. The van der Waals surface area contributed by atoms with Gasteiger partial charge in [0.15, 0.2) is 5.78 Å². The number of aryl methyl sites for hydroxylation is 1. The van der Waals surface area contributed by atoms with Crippen molar-refractivity contribution < 1.29 is 20.1 Å². The number of Topliss-reactive ketones (excluding diaryl/α,β-unsaturated/α-hetero) is 1. The zero-order chi connectivity index (χ0) is 15.6. The number of aromatic hydroxyl groups is 3. The maximum Gasteiger partial charge on any atom is 0.170 e. The topological polar surface area (TPSA) is 77.8 Å². The van der Waals surface area contributed by atoms with E-state index < -0.39 is 0 Å². The monoisotopic (exact) mass is 286 g/mol. The van der Waals surface area contributed by atoms with Gasteiger partial charge in [0, 0.05) is 17.5 Å². The van der Waals surface area contributed by atoms with Crippen molar-refractivity contribution in [2.75, 3.05) is 0 Å². The van der Waals surface area contributed by atoms with Crippen LogP contribution in [0, 0.1) is 13.8 Å². The van der Waals surface area contributed by atoms with E-state index in [1.54, 1.807) is 0 Å². The molecule has 0 heterocycles. The number of carbonyl (C=O) groups excluding carboxylic acids is 1. The number of carbonyl (C=O) groups is 1. The fraction of sp³-hybridized carbons (Fsp3) is 0.235. The summed E-state index contributed by atoms with van der Waals surface area (Å²) in [7, 11) is 0. The number of ketones is 1. The van der Waals surface area contributed by atoms with Gasteiger partial charge in [-0.2, -0.15) is 0 Å². The van der Waals surface area contributed by atoms with Crippen molar-refractivity contribution in [3.8, 4) is 17.2 Å². The highest BCUT2D eigenvalue weighted by molar-refractivity contribution is 6.02. The Morgan fingerprint density at radius 1 is 0.905 bits per heavy atom. The molecule has 0 atom stereocenters. The molecule has 4 nitrogen and oxygen atoms in total. The molecule has 0 unspecified atom stereocenters. The molecule has 2 aromatic rings. The van der Waals surface area contributed by atoms with Gasteiger partial charge in [-0.1, -0.05) is 30.3 Å². The first-order valence-electron chi connectivity index (χ1n) is 6.74. The first-order valence-corrected chi connectivity index (χ1v) is 6.74. The molecule has 0 bridgehead atoms. The lowest BCUT2D eigenvalue weighted by Gasteiger charge is -2.13. The van der Waals surface area contributed by atoms with Gasteiger partial charge in [0.1, 0.15) is 22.8 Å². The third-order valence-corrected chi connectivity index (χ3v) is 3.66. The Morgan fingerprint density at radius 3 is 1.95 bits per heavy atom. The van der Waals surface area contributed by atoms with Crippen LogP contribution in [0.1, 0.15) is 33.5 Å². The highest BCUT2D eigenvalue weighted by Crippen LogP contribution is 2.41. The fourth-order valence-electron chi connectivity index (χ4n) is 2.28. The number of hydrogen-bond acceptors (Lipinski definition) is 4. The lowest BCUT2D eigenvalue weighted by Crippen LogP contribution is -2.04. The third-order valence-electron chi connectivity index (χ3n) is 3.66.